The van der Waals surface area contributed by atoms with Crippen LogP contribution in [0.15, 0.2) is 48.7 Å². The zero-order chi connectivity index (χ0) is 27.4. The van der Waals surface area contributed by atoms with Gasteiger partial charge in [0.1, 0.15) is 7.05 Å². The van der Waals surface area contributed by atoms with Gasteiger partial charge in [0.25, 0.3) is 0 Å². The number of nitrogens with zero attached hydrogens (tertiary/aromatic N) is 1. The standard InChI is InChI=1S/C27H34N/c1-18-13-26(28(8)17-21(18)4)25-15-24(19(2)12-20(25)3)23-11-9-10-22(14-23)16-27(5,6)7/h9-15,17H,16H2,1-8H3/q+1/i2D3,4D3,16D2. The molecule has 1 heteroatoms. The van der Waals surface area contributed by atoms with Gasteiger partial charge in [-0.3, -0.25) is 0 Å². The lowest BCUT2D eigenvalue weighted by molar-refractivity contribution is -0.660. The highest BCUT2D eigenvalue weighted by molar-refractivity contribution is 5.76. The van der Waals surface area contributed by atoms with E-state index >= 15 is 0 Å². The van der Waals surface area contributed by atoms with Crippen molar-refractivity contribution in [2.75, 3.05) is 0 Å². The van der Waals surface area contributed by atoms with E-state index in [0.717, 1.165) is 16.8 Å². The predicted molar refractivity (Wildman–Crippen MR) is 121 cm³/mol. The molecule has 0 amide bonds. The average molecular weight is 381 g/mol. The van der Waals surface area contributed by atoms with Crippen LogP contribution in [-0.2, 0) is 13.4 Å². The number of hydrogen-bond acceptors (Lipinski definition) is 0. The van der Waals surface area contributed by atoms with Gasteiger partial charge in [0.05, 0.1) is 0 Å². The highest BCUT2D eigenvalue weighted by atomic mass is 14.9. The van der Waals surface area contributed by atoms with Crippen molar-refractivity contribution in [3.63, 3.8) is 0 Å². The van der Waals surface area contributed by atoms with E-state index in [1.165, 1.54) is 0 Å². The summed E-state index contributed by atoms with van der Waals surface area (Å²) >= 11 is 0. The molecule has 0 unspecified atom stereocenters. The van der Waals surface area contributed by atoms with Crippen LogP contribution in [0.1, 0.15) is 59.6 Å². The molecule has 0 saturated heterocycles. The Labute approximate surface area is 182 Å². The second kappa shape index (κ2) is 7.54. The van der Waals surface area contributed by atoms with Crippen molar-refractivity contribution < 1.29 is 15.5 Å². The van der Waals surface area contributed by atoms with Gasteiger partial charge >= 0.3 is 0 Å². The molecule has 28 heavy (non-hydrogen) atoms. The molecular weight excluding hydrogens is 338 g/mol. The summed E-state index contributed by atoms with van der Waals surface area (Å²) in [6, 6.07) is 12.3. The van der Waals surface area contributed by atoms with Crippen LogP contribution in [0.5, 0.6) is 0 Å². The molecule has 1 nitrogen and oxygen atoms in total. The summed E-state index contributed by atoms with van der Waals surface area (Å²) in [4.78, 5) is 0. The van der Waals surface area contributed by atoms with E-state index in [0.29, 0.717) is 22.3 Å². The lowest BCUT2D eigenvalue weighted by atomic mass is 9.86. The second-order valence-electron chi connectivity index (χ2n) is 8.53. The molecule has 0 bridgehead atoms. The molecule has 0 saturated carbocycles. The van der Waals surface area contributed by atoms with Crippen LogP contribution in [0.4, 0.5) is 0 Å². The maximum Gasteiger partial charge on any atom is 0.212 e. The predicted octanol–water partition coefficient (Wildman–Crippen LogP) is 6.67. The summed E-state index contributed by atoms with van der Waals surface area (Å²) in [6.07, 6.45) is -0.0295. The SMILES string of the molecule is [2H]C([2H])([2H])c1c[n+](C)c(-c2cc(-c3cccc(C([2H])([2H])C(C)(C)C)c3)c(C([2H])([2H])[2H])cc2C)cc1C. The molecule has 0 atom stereocenters. The van der Waals surface area contributed by atoms with E-state index in [1.807, 2.05) is 39.8 Å². The van der Waals surface area contributed by atoms with Crippen molar-refractivity contribution in [2.45, 2.75) is 54.7 Å². The summed E-state index contributed by atoms with van der Waals surface area (Å²) < 4.78 is 67.1. The molecule has 1 heterocycles. The van der Waals surface area contributed by atoms with Crippen LogP contribution >= 0.6 is 0 Å². The first-order chi connectivity index (χ1) is 16.2. The van der Waals surface area contributed by atoms with Gasteiger partial charge < -0.3 is 0 Å². The summed E-state index contributed by atoms with van der Waals surface area (Å²) in [5, 5.41) is 0. The number of benzene rings is 2. The van der Waals surface area contributed by atoms with Crippen molar-refractivity contribution in [1.29, 1.82) is 0 Å². The summed E-state index contributed by atoms with van der Waals surface area (Å²) in [5.74, 6) is 0. The van der Waals surface area contributed by atoms with Gasteiger partial charge in [-0.2, -0.15) is 0 Å². The highest BCUT2D eigenvalue weighted by Gasteiger charge is 2.17. The van der Waals surface area contributed by atoms with E-state index in [2.05, 4.69) is 0 Å². The Kier molecular flexibility index (Phi) is 3.29. The molecule has 0 radical (unpaired) electrons. The molecule has 146 valence electrons. The molecule has 2 aromatic carbocycles. The maximum absolute atomic E-state index is 8.69. The Morgan fingerprint density at radius 1 is 0.893 bits per heavy atom. The molecule has 0 spiro atoms. The minimum atomic E-state index is -2.37. The quantitative estimate of drug-likeness (QED) is 0.447. The molecule has 0 N–H and O–H groups in total. The van der Waals surface area contributed by atoms with Crippen LogP contribution in [0, 0.1) is 33.0 Å². The third-order valence-electron chi connectivity index (χ3n) is 4.81. The van der Waals surface area contributed by atoms with Crippen molar-refractivity contribution in [3.05, 3.63) is 76.5 Å². The summed E-state index contributed by atoms with van der Waals surface area (Å²) in [5.41, 5.74) is 4.32. The molecule has 1 aromatic heterocycles. The number of pyridine rings is 1. The lowest BCUT2D eigenvalue weighted by Crippen LogP contribution is -2.31. The van der Waals surface area contributed by atoms with Gasteiger partial charge in [-0.1, -0.05) is 51.1 Å². The van der Waals surface area contributed by atoms with E-state index in [4.69, 9.17) is 11.0 Å². The molecule has 0 aliphatic carbocycles. The van der Waals surface area contributed by atoms with Crippen LogP contribution < -0.4 is 4.57 Å². The smallest absolute Gasteiger partial charge is 0.201 e. The number of rotatable bonds is 3. The Morgan fingerprint density at radius 3 is 2.32 bits per heavy atom. The average Bonchev–Trinajstić information content (AvgIpc) is 2.73. The van der Waals surface area contributed by atoms with Gasteiger partial charge in [0, 0.05) is 28.2 Å². The Balaban J connectivity index is 2.31. The summed E-state index contributed by atoms with van der Waals surface area (Å²) in [7, 11) is 1.78. The zero-order valence-electron chi connectivity index (χ0n) is 25.6. The Hall–Kier alpha value is -2.41. The van der Waals surface area contributed by atoms with Gasteiger partial charge in [-0.15, -0.1) is 0 Å². The third kappa shape index (κ3) is 4.35. The maximum atomic E-state index is 8.69. The number of hydrogen-bond donors (Lipinski definition) is 0. The number of aromatic nitrogens is 1. The Bertz CT molecular complexity index is 1290. The van der Waals surface area contributed by atoms with Crippen molar-refractivity contribution >= 4 is 0 Å². The monoisotopic (exact) mass is 380 g/mol. The highest BCUT2D eigenvalue weighted by Crippen LogP contribution is 2.33. The molecule has 3 rings (SSSR count). The summed E-state index contributed by atoms with van der Waals surface area (Å²) in [6.45, 7) is 4.50. The van der Waals surface area contributed by atoms with Gasteiger partial charge in [0.2, 0.25) is 5.69 Å². The van der Waals surface area contributed by atoms with Crippen LogP contribution in [0.2, 0.25) is 0 Å². The minimum Gasteiger partial charge on any atom is -0.201 e. The molecule has 0 aliphatic rings. The van der Waals surface area contributed by atoms with Crippen molar-refractivity contribution in [1.82, 2.24) is 0 Å². The van der Waals surface area contributed by atoms with E-state index in [1.54, 1.807) is 55.1 Å². The van der Waals surface area contributed by atoms with E-state index in [9.17, 15) is 0 Å². The van der Waals surface area contributed by atoms with Crippen LogP contribution in [0.25, 0.3) is 22.4 Å². The van der Waals surface area contributed by atoms with Crippen LogP contribution in [-0.4, -0.2) is 0 Å². The fourth-order valence-electron chi connectivity index (χ4n) is 3.44. The van der Waals surface area contributed by atoms with E-state index in [-0.39, 0.29) is 11.1 Å². The fourth-order valence-corrected chi connectivity index (χ4v) is 3.44. The first-order valence-corrected chi connectivity index (χ1v) is 9.52. The zero-order valence-corrected chi connectivity index (χ0v) is 17.6. The normalized spacial score (nSPS) is 17.4. The first-order valence-electron chi connectivity index (χ1n) is 13.5. The largest absolute Gasteiger partial charge is 0.212 e. The second-order valence-corrected chi connectivity index (χ2v) is 8.53. The van der Waals surface area contributed by atoms with Gasteiger partial charge in [0.15, 0.2) is 6.20 Å². The lowest BCUT2D eigenvalue weighted by Gasteiger charge is -2.19. The van der Waals surface area contributed by atoms with Crippen LogP contribution in [0.3, 0.4) is 0 Å². The molecule has 3 aromatic rings. The van der Waals surface area contributed by atoms with Crippen molar-refractivity contribution in [2.24, 2.45) is 12.5 Å². The Morgan fingerprint density at radius 2 is 1.64 bits per heavy atom. The van der Waals surface area contributed by atoms with E-state index < -0.39 is 25.5 Å². The number of aryl methyl sites for hydroxylation is 5. The molecular formula is C27H34N+. The van der Waals surface area contributed by atoms with Gasteiger partial charge in [-0.25, -0.2) is 4.57 Å². The van der Waals surface area contributed by atoms with Crippen molar-refractivity contribution in [3.8, 4) is 22.4 Å². The van der Waals surface area contributed by atoms with Gasteiger partial charge in [-0.05, 0) is 78.8 Å². The first kappa shape index (κ1) is 12.2. The minimum absolute atomic E-state index is 0.190. The third-order valence-corrected chi connectivity index (χ3v) is 4.81. The topological polar surface area (TPSA) is 3.88 Å². The fraction of sp³-hybridized carbons (Fsp3) is 0.370. The molecule has 0 fully saturated rings. The molecule has 0 aliphatic heterocycles.